The molecule has 112 valence electrons. The number of hydrogen-bond donors (Lipinski definition) is 2. The van der Waals surface area contributed by atoms with Crippen LogP contribution in [0.2, 0.25) is 0 Å². The summed E-state index contributed by atoms with van der Waals surface area (Å²) in [5.41, 5.74) is 5.98. The van der Waals surface area contributed by atoms with Gasteiger partial charge in [0, 0.05) is 18.5 Å². The van der Waals surface area contributed by atoms with Gasteiger partial charge in [0.25, 0.3) is 5.91 Å². The fourth-order valence-electron chi connectivity index (χ4n) is 2.46. The van der Waals surface area contributed by atoms with Gasteiger partial charge in [0.2, 0.25) is 0 Å². The van der Waals surface area contributed by atoms with Crippen molar-refractivity contribution in [3.05, 3.63) is 16.1 Å². The molecular formula is C14H24N4OS. The van der Waals surface area contributed by atoms with Crippen LogP contribution in [0.4, 0.5) is 0 Å². The molecule has 2 rings (SSSR count). The molecule has 0 unspecified atom stereocenters. The summed E-state index contributed by atoms with van der Waals surface area (Å²) in [6, 6.07) is 0. The molecule has 1 aliphatic heterocycles. The molecule has 3 N–H and O–H groups in total. The second kappa shape index (κ2) is 8.34. The number of rotatable bonds is 6. The second-order valence-electron chi connectivity index (χ2n) is 5.20. The number of hydrogen-bond acceptors (Lipinski definition) is 5. The van der Waals surface area contributed by atoms with Gasteiger partial charge in [-0.25, -0.2) is 4.98 Å². The monoisotopic (exact) mass is 296 g/mol. The van der Waals surface area contributed by atoms with E-state index >= 15 is 0 Å². The van der Waals surface area contributed by atoms with Gasteiger partial charge in [-0.15, -0.1) is 11.3 Å². The number of thiazole rings is 1. The van der Waals surface area contributed by atoms with E-state index in [2.05, 4.69) is 15.2 Å². The molecule has 1 amide bonds. The highest BCUT2D eigenvalue weighted by Crippen LogP contribution is 2.10. The fraction of sp³-hybridized carbons (Fsp3) is 0.714. The Kier molecular flexibility index (Phi) is 6.42. The van der Waals surface area contributed by atoms with Gasteiger partial charge in [-0.3, -0.25) is 4.79 Å². The van der Waals surface area contributed by atoms with E-state index in [1.54, 1.807) is 5.38 Å². The average Bonchev–Trinajstić information content (AvgIpc) is 2.80. The zero-order chi connectivity index (χ0) is 14.2. The third-order valence-corrected chi connectivity index (χ3v) is 4.47. The Morgan fingerprint density at radius 2 is 2.10 bits per heavy atom. The molecule has 0 radical (unpaired) electrons. The SMILES string of the molecule is NCc1nc(C(=O)NCCCN2CCCCCC2)cs1. The van der Waals surface area contributed by atoms with Crippen LogP contribution in [0.25, 0.3) is 0 Å². The van der Waals surface area contributed by atoms with Gasteiger partial charge in [-0.05, 0) is 38.9 Å². The third-order valence-electron chi connectivity index (χ3n) is 3.59. The second-order valence-corrected chi connectivity index (χ2v) is 6.14. The minimum absolute atomic E-state index is 0.0863. The summed E-state index contributed by atoms with van der Waals surface area (Å²) in [5.74, 6) is -0.0863. The van der Waals surface area contributed by atoms with Crippen molar-refractivity contribution in [2.75, 3.05) is 26.2 Å². The lowest BCUT2D eigenvalue weighted by atomic mass is 10.2. The van der Waals surface area contributed by atoms with Crippen LogP contribution in [-0.4, -0.2) is 42.0 Å². The van der Waals surface area contributed by atoms with E-state index in [9.17, 15) is 4.79 Å². The highest BCUT2D eigenvalue weighted by molar-refractivity contribution is 7.09. The van der Waals surface area contributed by atoms with E-state index in [1.807, 2.05) is 0 Å². The van der Waals surface area contributed by atoms with Crippen molar-refractivity contribution in [3.8, 4) is 0 Å². The normalized spacial score (nSPS) is 16.9. The molecule has 0 saturated carbocycles. The summed E-state index contributed by atoms with van der Waals surface area (Å²) in [6.45, 7) is 4.60. The fourth-order valence-corrected chi connectivity index (χ4v) is 3.12. The summed E-state index contributed by atoms with van der Waals surface area (Å²) >= 11 is 1.44. The van der Waals surface area contributed by atoms with Gasteiger partial charge in [-0.1, -0.05) is 12.8 Å². The van der Waals surface area contributed by atoms with Crippen molar-refractivity contribution >= 4 is 17.2 Å². The van der Waals surface area contributed by atoms with Crippen LogP contribution in [-0.2, 0) is 6.54 Å². The smallest absolute Gasteiger partial charge is 0.270 e. The molecule has 6 heteroatoms. The van der Waals surface area contributed by atoms with Crippen LogP contribution < -0.4 is 11.1 Å². The maximum Gasteiger partial charge on any atom is 0.270 e. The summed E-state index contributed by atoms with van der Waals surface area (Å²) in [7, 11) is 0. The van der Waals surface area contributed by atoms with Gasteiger partial charge in [-0.2, -0.15) is 0 Å². The van der Waals surface area contributed by atoms with Crippen molar-refractivity contribution in [2.45, 2.75) is 38.6 Å². The van der Waals surface area contributed by atoms with Gasteiger partial charge >= 0.3 is 0 Å². The summed E-state index contributed by atoms with van der Waals surface area (Å²) in [4.78, 5) is 18.5. The number of carbonyl (C=O) groups is 1. The number of carbonyl (C=O) groups excluding carboxylic acids is 1. The first kappa shape index (κ1) is 15.4. The van der Waals surface area contributed by atoms with Crippen molar-refractivity contribution < 1.29 is 4.79 Å². The Balaban J connectivity index is 1.63. The summed E-state index contributed by atoms with van der Waals surface area (Å²) in [5, 5.41) is 5.50. The van der Waals surface area contributed by atoms with Crippen molar-refractivity contribution in [1.29, 1.82) is 0 Å². The molecule has 0 aromatic carbocycles. The van der Waals surface area contributed by atoms with Crippen LogP contribution in [0.15, 0.2) is 5.38 Å². The number of nitrogens with two attached hydrogens (primary N) is 1. The number of amides is 1. The molecule has 2 heterocycles. The molecule has 1 saturated heterocycles. The van der Waals surface area contributed by atoms with E-state index in [4.69, 9.17) is 5.73 Å². The lowest BCUT2D eigenvalue weighted by Crippen LogP contribution is -2.30. The molecule has 0 spiro atoms. The van der Waals surface area contributed by atoms with Crippen molar-refractivity contribution in [1.82, 2.24) is 15.2 Å². The topological polar surface area (TPSA) is 71.2 Å². The van der Waals surface area contributed by atoms with Crippen LogP contribution in [0.1, 0.15) is 47.6 Å². The first-order chi connectivity index (χ1) is 9.79. The predicted octanol–water partition coefficient (Wildman–Crippen LogP) is 1.60. The lowest BCUT2D eigenvalue weighted by molar-refractivity contribution is 0.0947. The average molecular weight is 296 g/mol. The van der Waals surface area contributed by atoms with E-state index in [0.717, 1.165) is 18.0 Å². The minimum Gasteiger partial charge on any atom is -0.351 e. The van der Waals surface area contributed by atoms with Gasteiger partial charge < -0.3 is 16.0 Å². The zero-order valence-electron chi connectivity index (χ0n) is 11.9. The predicted molar refractivity (Wildman–Crippen MR) is 81.9 cm³/mol. The number of nitrogens with one attached hydrogen (secondary N) is 1. The van der Waals surface area contributed by atoms with E-state index < -0.39 is 0 Å². The molecule has 5 nitrogen and oxygen atoms in total. The molecule has 1 aromatic heterocycles. The first-order valence-electron chi connectivity index (χ1n) is 7.44. The van der Waals surface area contributed by atoms with Gasteiger partial charge in [0.1, 0.15) is 10.7 Å². The number of nitrogens with zero attached hydrogens (tertiary/aromatic N) is 2. The molecule has 0 atom stereocenters. The van der Waals surface area contributed by atoms with Crippen LogP contribution in [0, 0.1) is 0 Å². The molecule has 1 aliphatic rings. The van der Waals surface area contributed by atoms with Crippen LogP contribution >= 0.6 is 11.3 Å². The van der Waals surface area contributed by atoms with Crippen LogP contribution in [0.5, 0.6) is 0 Å². The molecule has 1 aromatic rings. The largest absolute Gasteiger partial charge is 0.351 e. The summed E-state index contributed by atoms with van der Waals surface area (Å²) < 4.78 is 0. The zero-order valence-corrected chi connectivity index (χ0v) is 12.8. The Bertz CT molecular complexity index is 413. The first-order valence-corrected chi connectivity index (χ1v) is 8.32. The Morgan fingerprint density at radius 3 is 2.75 bits per heavy atom. The van der Waals surface area contributed by atoms with Gasteiger partial charge in [0.05, 0.1) is 0 Å². The number of likely N-dealkylation sites (tertiary alicyclic amines) is 1. The van der Waals surface area contributed by atoms with E-state index in [1.165, 1.54) is 50.1 Å². The Morgan fingerprint density at radius 1 is 1.35 bits per heavy atom. The maximum atomic E-state index is 11.9. The minimum atomic E-state index is -0.0863. The van der Waals surface area contributed by atoms with E-state index in [0.29, 0.717) is 18.8 Å². The maximum absolute atomic E-state index is 11.9. The quantitative estimate of drug-likeness (QED) is 0.782. The Hall–Kier alpha value is -0.980. The van der Waals surface area contributed by atoms with E-state index in [-0.39, 0.29) is 5.91 Å². The van der Waals surface area contributed by atoms with Crippen LogP contribution in [0.3, 0.4) is 0 Å². The standard InChI is InChI=1S/C14H24N4OS/c15-10-13-17-12(11-20-13)14(19)16-6-5-9-18-7-3-1-2-4-8-18/h11H,1-10,15H2,(H,16,19). The molecule has 1 fully saturated rings. The highest BCUT2D eigenvalue weighted by Gasteiger charge is 2.11. The molecule has 0 bridgehead atoms. The van der Waals surface area contributed by atoms with Crippen molar-refractivity contribution in [2.24, 2.45) is 5.73 Å². The van der Waals surface area contributed by atoms with Crippen molar-refractivity contribution in [3.63, 3.8) is 0 Å². The summed E-state index contributed by atoms with van der Waals surface area (Å²) in [6.07, 6.45) is 6.35. The molecule has 20 heavy (non-hydrogen) atoms. The molecule has 0 aliphatic carbocycles. The number of aromatic nitrogens is 1. The Labute approximate surface area is 124 Å². The third kappa shape index (κ3) is 4.85. The lowest BCUT2D eigenvalue weighted by Gasteiger charge is -2.19. The van der Waals surface area contributed by atoms with Gasteiger partial charge in [0.15, 0.2) is 0 Å². The molecular weight excluding hydrogens is 272 g/mol. The highest BCUT2D eigenvalue weighted by atomic mass is 32.1.